The smallest absolute Gasteiger partial charge is 0.237 e. The number of amides is 1. The van der Waals surface area contributed by atoms with Crippen LogP contribution in [0.4, 0.5) is 0 Å². The lowest BCUT2D eigenvalue weighted by Gasteiger charge is -2.26. The van der Waals surface area contributed by atoms with E-state index in [1.807, 2.05) is 13.0 Å². The van der Waals surface area contributed by atoms with Crippen LogP contribution < -0.4 is 11.1 Å². The predicted molar refractivity (Wildman–Crippen MR) is 53.5 cm³/mol. The summed E-state index contributed by atoms with van der Waals surface area (Å²) in [6, 6.07) is 1.89. The van der Waals surface area contributed by atoms with E-state index < -0.39 is 5.54 Å². The molecule has 0 saturated carbocycles. The van der Waals surface area contributed by atoms with Crippen LogP contribution in [0.25, 0.3) is 0 Å². The molecule has 0 saturated heterocycles. The third-order valence-electron chi connectivity index (χ3n) is 2.24. The average molecular weight is 196 g/mol. The van der Waals surface area contributed by atoms with Crippen molar-refractivity contribution < 1.29 is 9.21 Å². The highest BCUT2D eigenvalue weighted by Gasteiger charge is 2.26. The monoisotopic (exact) mass is 196 g/mol. The van der Waals surface area contributed by atoms with Gasteiger partial charge in [-0.05, 0) is 26.8 Å². The Bertz CT molecular complexity index is 304. The highest BCUT2D eigenvalue weighted by molar-refractivity contribution is 5.83. The third-order valence-corrected chi connectivity index (χ3v) is 2.24. The molecule has 0 bridgehead atoms. The van der Waals surface area contributed by atoms with Crippen molar-refractivity contribution in [3.8, 4) is 0 Å². The molecule has 0 fully saturated rings. The minimum atomic E-state index is -0.712. The van der Waals surface area contributed by atoms with Gasteiger partial charge >= 0.3 is 0 Å². The molecular weight excluding hydrogens is 180 g/mol. The number of nitrogens with one attached hydrogen (secondary N) is 1. The zero-order valence-electron chi connectivity index (χ0n) is 8.70. The van der Waals surface area contributed by atoms with Gasteiger partial charge in [-0.3, -0.25) is 10.1 Å². The van der Waals surface area contributed by atoms with Crippen LogP contribution in [0.2, 0.25) is 0 Å². The molecule has 0 aliphatic rings. The summed E-state index contributed by atoms with van der Waals surface area (Å²) in [5.41, 5.74) is 5.53. The van der Waals surface area contributed by atoms with Crippen molar-refractivity contribution in [1.29, 1.82) is 0 Å². The van der Waals surface area contributed by atoms with Crippen molar-refractivity contribution in [2.24, 2.45) is 5.73 Å². The van der Waals surface area contributed by atoms with Gasteiger partial charge in [0.05, 0.1) is 18.1 Å². The third kappa shape index (κ3) is 2.35. The molecule has 4 heteroatoms. The van der Waals surface area contributed by atoms with Crippen molar-refractivity contribution in [3.63, 3.8) is 0 Å². The van der Waals surface area contributed by atoms with E-state index in [-0.39, 0.29) is 11.9 Å². The maximum absolute atomic E-state index is 11.1. The minimum Gasteiger partial charge on any atom is -0.472 e. The first-order valence-corrected chi connectivity index (χ1v) is 4.53. The van der Waals surface area contributed by atoms with E-state index in [0.717, 1.165) is 5.56 Å². The van der Waals surface area contributed by atoms with E-state index in [2.05, 4.69) is 5.32 Å². The first-order chi connectivity index (χ1) is 6.43. The molecule has 1 atom stereocenters. The molecule has 1 heterocycles. The maximum atomic E-state index is 11.1. The zero-order chi connectivity index (χ0) is 10.8. The lowest BCUT2D eigenvalue weighted by atomic mass is 10.0. The molecule has 0 spiro atoms. The van der Waals surface area contributed by atoms with E-state index >= 15 is 0 Å². The number of rotatable bonds is 4. The standard InChI is InChI=1S/C10H16N2O2/c1-7(8-4-5-14-6-8)12-10(2,3)9(11)13/h4-7,12H,1-3H3,(H2,11,13). The molecule has 0 radical (unpaired) electrons. The Labute approximate surface area is 83.5 Å². The summed E-state index contributed by atoms with van der Waals surface area (Å²) in [6.07, 6.45) is 3.25. The van der Waals surface area contributed by atoms with Gasteiger partial charge in [0, 0.05) is 11.6 Å². The van der Waals surface area contributed by atoms with Crippen LogP contribution in [-0.4, -0.2) is 11.4 Å². The van der Waals surface area contributed by atoms with E-state index in [4.69, 9.17) is 10.2 Å². The van der Waals surface area contributed by atoms with E-state index in [1.165, 1.54) is 0 Å². The lowest BCUT2D eigenvalue weighted by Crippen LogP contribution is -2.51. The highest BCUT2D eigenvalue weighted by Crippen LogP contribution is 2.16. The quantitative estimate of drug-likeness (QED) is 0.760. The lowest BCUT2D eigenvalue weighted by molar-refractivity contribution is -0.123. The van der Waals surface area contributed by atoms with Gasteiger partial charge in [-0.15, -0.1) is 0 Å². The van der Waals surface area contributed by atoms with Crippen molar-refractivity contribution in [3.05, 3.63) is 24.2 Å². The van der Waals surface area contributed by atoms with E-state index in [1.54, 1.807) is 26.4 Å². The zero-order valence-corrected chi connectivity index (χ0v) is 8.70. The summed E-state index contributed by atoms with van der Waals surface area (Å²) < 4.78 is 4.95. The van der Waals surface area contributed by atoms with Crippen molar-refractivity contribution in [1.82, 2.24) is 5.32 Å². The summed E-state index contributed by atoms with van der Waals surface area (Å²) in [6.45, 7) is 5.47. The Balaban J connectivity index is 2.66. The van der Waals surface area contributed by atoms with Gasteiger partial charge in [0.2, 0.25) is 5.91 Å². The molecular formula is C10H16N2O2. The van der Waals surface area contributed by atoms with Crippen LogP contribution in [0.15, 0.2) is 23.0 Å². The first kappa shape index (κ1) is 10.8. The number of hydrogen-bond donors (Lipinski definition) is 2. The molecule has 4 nitrogen and oxygen atoms in total. The summed E-state index contributed by atoms with van der Waals surface area (Å²) in [5.74, 6) is -0.368. The van der Waals surface area contributed by atoms with Gasteiger partial charge in [-0.25, -0.2) is 0 Å². The molecule has 3 N–H and O–H groups in total. The molecule has 78 valence electrons. The SMILES string of the molecule is CC(NC(C)(C)C(N)=O)c1ccoc1. The Morgan fingerprint density at radius 3 is 2.71 bits per heavy atom. The molecule has 0 aliphatic carbocycles. The van der Waals surface area contributed by atoms with Crippen LogP contribution in [0.5, 0.6) is 0 Å². The average Bonchev–Trinajstić information content (AvgIpc) is 2.54. The highest BCUT2D eigenvalue weighted by atomic mass is 16.3. The summed E-state index contributed by atoms with van der Waals surface area (Å²) in [7, 11) is 0. The van der Waals surface area contributed by atoms with Crippen LogP contribution in [0.3, 0.4) is 0 Å². The van der Waals surface area contributed by atoms with E-state index in [0.29, 0.717) is 0 Å². The van der Waals surface area contributed by atoms with Crippen molar-refractivity contribution in [2.45, 2.75) is 32.4 Å². The largest absolute Gasteiger partial charge is 0.472 e. The second kappa shape index (κ2) is 3.84. The molecule has 0 aliphatic heterocycles. The van der Waals surface area contributed by atoms with Gasteiger partial charge in [-0.2, -0.15) is 0 Å². The number of primary amides is 1. The summed E-state index contributed by atoms with van der Waals surface area (Å²) in [4.78, 5) is 11.1. The number of carbonyl (C=O) groups excluding carboxylic acids is 1. The first-order valence-electron chi connectivity index (χ1n) is 4.53. The number of hydrogen-bond acceptors (Lipinski definition) is 3. The van der Waals surface area contributed by atoms with Gasteiger partial charge < -0.3 is 10.2 Å². The predicted octanol–water partition coefficient (Wildman–Crippen LogP) is 1.19. The normalized spacial score (nSPS) is 13.9. The fraction of sp³-hybridized carbons (Fsp3) is 0.500. The Morgan fingerprint density at radius 2 is 2.29 bits per heavy atom. The number of nitrogens with two attached hydrogens (primary N) is 1. The summed E-state index contributed by atoms with van der Waals surface area (Å²) >= 11 is 0. The molecule has 1 unspecified atom stereocenters. The van der Waals surface area contributed by atoms with Crippen LogP contribution in [0.1, 0.15) is 32.4 Å². The Hall–Kier alpha value is -1.29. The second-order valence-corrected chi connectivity index (χ2v) is 3.91. The van der Waals surface area contributed by atoms with Crippen molar-refractivity contribution >= 4 is 5.91 Å². The van der Waals surface area contributed by atoms with Gasteiger partial charge in [0.25, 0.3) is 0 Å². The molecule has 0 aromatic carbocycles. The molecule has 1 aromatic heterocycles. The molecule has 1 rings (SSSR count). The molecule has 14 heavy (non-hydrogen) atoms. The maximum Gasteiger partial charge on any atom is 0.237 e. The van der Waals surface area contributed by atoms with Crippen LogP contribution in [-0.2, 0) is 4.79 Å². The van der Waals surface area contributed by atoms with Gasteiger partial charge in [0.1, 0.15) is 0 Å². The Morgan fingerprint density at radius 1 is 1.64 bits per heavy atom. The summed E-state index contributed by atoms with van der Waals surface area (Å²) in [5, 5.41) is 3.12. The number of furan rings is 1. The fourth-order valence-corrected chi connectivity index (χ4v) is 1.22. The Kier molecular flexibility index (Phi) is 2.96. The van der Waals surface area contributed by atoms with Gasteiger partial charge in [0.15, 0.2) is 0 Å². The fourth-order valence-electron chi connectivity index (χ4n) is 1.22. The number of carbonyl (C=O) groups is 1. The van der Waals surface area contributed by atoms with E-state index in [9.17, 15) is 4.79 Å². The molecule has 1 amide bonds. The molecule has 1 aromatic rings. The van der Waals surface area contributed by atoms with Crippen LogP contribution >= 0.6 is 0 Å². The minimum absolute atomic E-state index is 0.0382. The van der Waals surface area contributed by atoms with Crippen LogP contribution in [0, 0.1) is 0 Å². The van der Waals surface area contributed by atoms with Crippen molar-refractivity contribution in [2.75, 3.05) is 0 Å². The van der Waals surface area contributed by atoms with Gasteiger partial charge in [-0.1, -0.05) is 0 Å². The second-order valence-electron chi connectivity index (χ2n) is 3.91. The topological polar surface area (TPSA) is 68.3 Å².